The van der Waals surface area contributed by atoms with Crippen molar-refractivity contribution in [2.45, 2.75) is 32.8 Å². The van der Waals surface area contributed by atoms with E-state index in [2.05, 4.69) is 9.97 Å². The van der Waals surface area contributed by atoms with Gasteiger partial charge in [0.25, 0.3) is 0 Å². The summed E-state index contributed by atoms with van der Waals surface area (Å²) in [7, 11) is 0. The number of thiazole rings is 2. The predicted molar refractivity (Wildman–Crippen MR) is 126 cm³/mol. The minimum atomic E-state index is -0.580. The number of halogens is 2. The standard InChI is InChI=1S/C23H21ClFN3O2S2/c1-13-22(32-23(27-13)14(2)29)19-12-31-21(28-19)10-17-5-3-15(11-26-17)7-8-30-20-6-4-16(24)9-18(20)25/h3-6,9,11-12,14,29H,7-8,10H2,1-2H3. The summed E-state index contributed by atoms with van der Waals surface area (Å²) >= 11 is 8.81. The monoisotopic (exact) mass is 489 g/mol. The van der Waals surface area contributed by atoms with Crippen LogP contribution in [-0.2, 0) is 12.8 Å². The molecule has 0 aliphatic carbocycles. The van der Waals surface area contributed by atoms with Crippen LogP contribution in [0.2, 0.25) is 5.02 Å². The van der Waals surface area contributed by atoms with E-state index in [0.29, 0.717) is 29.5 Å². The van der Waals surface area contributed by atoms with Gasteiger partial charge in [0.15, 0.2) is 11.6 Å². The molecule has 1 unspecified atom stereocenters. The van der Waals surface area contributed by atoms with Crippen LogP contribution in [0.3, 0.4) is 0 Å². The SMILES string of the molecule is Cc1nc(C(C)O)sc1-c1csc(Cc2ccc(CCOc3ccc(Cl)cc3F)cn2)n1. The van der Waals surface area contributed by atoms with Gasteiger partial charge in [0, 0.05) is 35.1 Å². The number of aryl methyl sites for hydroxylation is 1. The molecule has 0 saturated heterocycles. The Morgan fingerprint density at radius 1 is 1.22 bits per heavy atom. The molecule has 0 spiro atoms. The summed E-state index contributed by atoms with van der Waals surface area (Å²) in [5.74, 6) is -0.278. The number of rotatable bonds is 8. The molecule has 166 valence electrons. The van der Waals surface area contributed by atoms with Crippen LogP contribution in [0.15, 0.2) is 41.9 Å². The van der Waals surface area contributed by atoms with Gasteiger partial charge in [-0.3, -0.25) is 4.98 Å². The van der Waals surface area contributed by atoms with E-state index < -0.39 is 11.9 Å². The Morgan fingerprint density at radius 3 is 2.75 bits per heavy atom. The first-order valence-corrected chi connectivity index (χ1v) is 12.1. The molecule has 1 atom stereocenters. The van der Waals surface area contributed by atoms with Crippen LogP contribution >= 0.6 is 34.3 Å². The lowest BCUT2D eigenvalue weighted by Gasteiger charge is -2.07. The van der Waals surface area contributed by atoms with E-state index in [1.54, 1.807) is 24.3 Å². The first kappa shape index (κ1) is 22.8. The van der Waals surface area contributed by atoms with Crippen molar-refractivity contribution in [1.29, 1.82) is 0 Å². The van der Waals surface area contributed by atoms with Gasteiger partial charge >= 0.3 is 0 Å². The van der Waals surface area contributed by atoms with Crippen molar-refractivity contribution in [1.82, 2.24) is 15.0 Å². The molecule has 4 rings (SSSR count). The third-order valence-corrected chi connectivity index (χ3v) is 7.15. The molecule has 0 aliphatic heterocycles. The van der Waals surface area contributed by atoms with Crippen LogP contribution < -0.4 is 4.74 Å². The number of aliphatic hydroxyl groups excluding tert-OH is 1. The molecular weight excluding hydrogens is 469 g/mol. The summed E-state index contributed by atoms with van der Waals surface area (Å²) in [6.45, 7) is 3.99. The molecule has 1 aromatic carbocycles. The first-order valence-electron chi connectivity index (χ1n) is 10.0. The first-order chi connectivity index (χ1) is 15.4. The van der Waals surface area contributed by atoms with E-state index in [4.69, 9.17) is 21.3 Å². The van der Waals surface area contributed by atoms with E-state index in [9.17, 15) is 9.50 Å². The van der Waals surface area contributed by atoms with Gasteiger partial charge in [0.2, 0.25) is 0 Å². The lowest BCUT2D eigenvalue weighted by atomic mass is 10.2. The molecule has 5 nitrogen and oxygen atoms in total. The Labute approximate surface area is 198 Å². The second-order valence-corrected chi connectivity index (χ2v) is 9.69. The van der Waals surface area contributed by atoms with Crippen LogP contribution in [0.25, 0.3) is 10.6 Å². The number of aliphatic hydroxyl groups is 1. The summed E-state index contributed by atoms with van der Waals surface area (Å²) in [4.78, 5) is 14.7. The average Bonchev–Trinajstić information content (AvgIpc) is 3.37. The van der Waals surface area contributed by atoms with Crippen LogP contribution in [0.1, 0.15) is 40.0 Å². The van der Waals surface area contributed by atoms with Crippen molar-refractivity contribution in [2.75, 3.05) is 6.61 Å². The van der Waals surface area contributed by atoms with Gasteiger partial charge in [0.05, 0.1) is 27.9 Å². The molecule has 1 N–H and O–H groups in total. The number of hydrogen-bond donors (Lipinski definition) is 1. The fraction of sp³-hybridized carbons (Fsp3) is 0.261. The molecule has 0 aliphatic rings. The summed E-state index contributed by atoms with van der Waals surface area (Å²) in [6, 6.07) is 8.34. The fourth-order valence-corrected chi connectivity index (χ4v) is 5.06. The van der Waals surface area contributed by atoms with Crippen LogP contribution in [-0.4, -0.2) is 26.7 Å². The van der Waals surface area contributed by atoms with E-state index >= 15 is 0 Å². The van der Waals surface area contributed by atoms with Gasteiger partial charge in [-0.05, 0) is 43.7 Å². The maximum atomic E-state index is 13.8. The Kier molecular flexibility index (Phi) is 7.15. The number of aromatic nitrogens is 3. The van der Waals surface area contributed by atoms with Crippen molar-refractivity contribution >= 4 is 34.3 Å². The Morgan fingerprint density at radius 2 is 2.06 bits per heavy atom. The average molecular weight is 490 g/mol. The van der Waals surface area contributed by atoms with Gasteiger partial charge in [-0.1, -0.05) is 17.7 Å². The minimum Gasteiger partial charge on any atom is -0.490 e. The van der Waals surface area contributed by atoms with Crippen LogP contribution in [0, 0.1) is 12.7 Å². The summed E-state index contributed by atoms with van der Waals surface area (Å²) in [6.07, 6.45) is 2.49. The van der Waals surface area contributed by atoms with Crippen molar-refractivity contribution < 1.29 is 14.2 Å². The van der Waals surface area contributed by atoms with Gasteiger partial charge in [-0.15, -0.1) is 22.7 Å². The lowest BCUT2D eigenvalue weighted by Crippen LogP contribution is -2.03. The largest absolute Gasteiger partial charge is 0.490 e. The highest BCUT2D eigenvalue weighted by molar-refractivity contribution is 7.16. The third kappa shape index (κ3) is 5.50. The number of pyridine rings is 1. The maximum Gasteiger partial charge on any atom is 0.166 e. The molecule has 32 heavy (non-hydrogen) atoms. The highest BCUT2D eigenvalue weighted by Gasteiger charge is 2.16. The van der Waals surface area contributed by atoms with Gasteiger partial charge in [-0.2, -0.15) is 0 Å². The topological polar surface area (TPSA) is 68.1 Å². The minimum absolute atomic E-state index is 0.190. The Hall–Kier alpha value is -2.39. The quantitative estimate of drug-likeness (QED) is 0.327. The number of benzene rings is 1. The molecule has 0 saturated carbocycles. The normalized spacial score (nSPS) is 12.2. The molecule has 0 bridgehead atoms. The highest BCUT2D eigenvalue weighted by atomic mass is 35.5. The van der Waals surface area contributed by atoms with Crippen LogP contribution in [0.5, 0.6) is 5.75 Å². The molecule has 9 heteroatoms. The number of hydrogen-bond acceptors (Lipinski definition) is 7. The maximum absolute atomic E-state index is 13.8. The molecule has 0 fully saturated rings. The van der Waals surface area contributed by atoms with Crippen molar-refractivity contribution in [3.8, 4) is 16.3 Å². The smallest absolute Gasteiger partial charge is 0.166 e. The predicted octanol–water partition coefficient (Wildman–Crippen LogP) is 6.03. The molecular formula is C23H21ClFN3O2S2. The van der Waals surface area contributed by atoms with E-state index in [1.165, 1.54) is 23.5 Å². The molecule has 0 radical (unpaired) electrons. The zero-order valence-electron chi connectivity index (χ0n) is 17.5. The third-order valence-electron chi connectivity index (χ3n) is 4.72. The van der Waals surface area contributed by atoms with E-state index in [-0.39, 0.29) is 5.75 Å². The zero-order valence-corrected chi connectivity index (χ0v) is 19.9. The highest BCUT2D eigenvalue weighted by Crippen LogP contribution is 2.33. The van der Waals surface area contributed by atoms with Crippen molar-refractivity contribution in [3.05, 3.63) is 79.7 Å². The Balaban J connectivity index is 1.34. The fourth-order valence-electron chi connectivity index (χ4n) is 3.06. The number of nitrogens with zero attached hydrogens (tertiary/aromatic N) is 3. The molecule has 0 amide bonds. The van der Waals surface area contributed by atoms with Gasteiger partial charge < -0.3 is 9.84 Å². The van der Waals surface area contributed by atoms with Gasteiger partial charge in [0.1, 0.15) is 11.1 Å². The Bertz CT molecular complexity index is 1210. The van der Waals surface area contributed by atoms with E-state index in [1.807, 2.05) is 30.6 Å². The van der Waals surface area contributed by atoms with Crippen molar-refractivity contribution in [3.63, 3.8) is 0 Å². The second-order valence-electron chi connectivity index (χ2n) is 7.28. The summed E-state index contributed by atoms with van der Waals surface area (Å²) < 4.78 is 19.3. The molecule has 3 aromatic heterocycles. The van der Waals surface area contributed by atoms with Crippen LogP contribution in [0.4, 0.5) is 4.39 Å². The molecule has 3 heterocycles. The summed E-state index contributed by atoms with van der Waals surface area (Å²) in [5.41, 5.74) is 3.69. The van der Waals surface area contributed by atoms with Gasteiger partial charge in [-0.25, -0.2) is 14.4 Å². The van der Waals surface area contributed by atoms with Crippen molar-refractivity contribution in [2.24, 2.45) is 0 Å². The lowest BCUT2D eigenvalue weighted by molar-refractivity contribution is 0.198. The zero-order chi connectivity index (χ0) is 22.7. The number of ether oxygens (including phenoxy) is 1. The summed E-state index contributed by atoms with van der Waals surface area (Å²) in [5, 5.41) is 13.8. The van der Waals surface area contributed by atoms with E-state index in [0.717, 1.165) is 32.5 Å². The molecule has 4 aromatic rings. The second kappa shape index (κ2) is 10.0.